The number of ether oxygens (including phenoxy) is 1. The van der Waals surface area contributed by atoms with E-state index in [1.807, 2.05) is 36.4 Å². The number of carboxylic acids is 1. The van der Waals surface area contributed by atoms with Gasteiger partial charge in [0.1, 0.15) is 11.3 Å². The van der Waals surface area contributed by atoms with Crippen molar-refractivity contribution in [1.29, 1.82) is 0 Å². The molecule has 0 bridgehead atoms. The Morgan fingerprint density at radius 1 is 1.19 bits per heavy atom. The Hall–Kier alpha value is -2.67. The van der Waals surface area contributed by atoms with E-state index in [-0.39, 0.29) is 36.9 Å². The molecule has 130 valence electrons. The van der Waals surface area contributed by atoms with Gasteiger partial charge < -0.3 is 16.6 Å². The summed E-state index contributed by atoms with van der Waals surface area (Å²) in [5, 5.41) is 12.4. The summed E-state index contributed by atoms with van der Waals surface area (Å²) in [6, 6.07) is 14.6. The fraction of sp³-hybridized carbons (Fsp3) is 0.0500. The van der Waals surface area contributed by atoms with Crippen molar-refractivity contribution in [1.82, 2.24) is 4.98 Å². The summed E-state index contributed by atoms with van der Waals surface area (Å²) in [6.07, 6.45) is 3.43. The molecule has 2 N–H and O–H groups in total. The van der Waals surface area contributed by atoms with Crippen LogP contribution < -0.4 is 39.6 Å². The molecule has 1 aliphatic rings. The molecule has 0 spiro atoms. The van der Waals surface area contributed by atoms with Crippen molar-refractivity contribution in [2.45, 2.75) is 0 Å². The second kappa shape index (κ2) is 7.92. The predicted octanol–water partition coefficient (Wildman–Crippen LogP) is 0.307. The van der Waals surface area contributed by atoms with Crippen molar-refractivity contribution < 1.29 is 50.4 Å². The number of carbonyl (C=O) groups is 2. The molecule has 0 saturated carbocycles. The largest absolute Gasteiger partial charge is 1.00 e. The van der Waals surface area contributed by atoms with E-state index < -0.39 is 12.6 Å². The SMILES string of the molecule is O=C(O)COc1ccc(C=C2C(=O)Nc3ccccc32)c2cccnc12.[H-].[Na+]. The van der Waals surface area contributed by atoms with Gasteiger partial charge in [0, 0.05) is 28.4 Å². The fourth-order valence-electron chi connectivity index (χ4n) is 2.99. The number of nitrogens with zero attached hydrogens (tertiary/aromatic N) is 1. The quantitative estimate of drug-likeness (QED) is 0.510. The summed E-state index contributed by atoms with van der Waals surface area (Å²) in [4.78, 5) is 27.4. The Morgan fingerprint density at radius 3 is 2.81 bits per heavy atom. The fourth-order valence-corrected chi connectivity index (χ4v) is 2.99. The maximum absolute atomic E-state index is 12.3. The Morgan fingerprint density at radius 2 is 2.00 bits per heavy atom. The second-order valence-corrected chi connectivity index (χ2v) is 5.79. The molecule has 1 amide bonds. The van der Waals surface area contributed by atoms with E-state index >= 15 is 0 Å². The number of para-hydroxylation sites is 1. The number of benzene rings is 2. The Balaban J connectivity index is 0.00000140. The van der Waals surface area contributed by atoms with Gasteiger partial charge >= 0.3 is 35.5 Å². The van der Waals surface area contributed by atoms with E-state index in [1.54, 1.807) is 24.4 Å². The van der Waals surface area contributed by atoms with Crippen LogP contribution in [-0.4, -0.2) is 28.6 Å². The topological polar surface area (TPSA) is 88.5 Å². The van der Waals surface area contributed by atoms with Crippen molar-refractivity contribution in [2.75, 3.05) is 11.9 Å². The van der Waals surface area contributed by atoms with Crippen molar-refractivity contribution in [3.05, 3.63) is 65.9 Å². The van der Waals surface area contributed by atoms with Gasteiger partial charge in [0.25, 0.3) is 5.91 Å². The molecule has 1 aromatic heterocycles. The smallest absolute Gasteiger partial charge is 1.00 e. The molecule has 27 heavy (non-hydrogen) atoms. The van der Waals surface area contributed by atoms with Gasteiger partial charge in [-0.05, 0) is 29.8 Å². The third-order valence-corrected chi connectivity index (χ3v) is 4.13. The van der Waals surface area contributed by atoms with Gasteiger partial charge in [-0.15, -0.1) is 0 Å². The van der Waals surface area contributed by atoms with E-state index in [1.165, 1.54) is 0 Å². The van der Waals surface area contributed by atoms with Crippen LogP contribution in [0.1, 0.15) is 12.6 Å². The van der Waals surface area contributed by atoms with E-state index in [4.69, 9.17) is 9.84 Å². The molecule has 0 aliphatic carbocycles. The van der Waals surface area contributed by atoms with Gasteiger partial charge in [0.15, 0.2) is 6.61 Å². The average Bonchev–Trinajstić information content (AvgIpc) is 2.96. The number of rotatable bonds is 4. The van der Waals surface area contributed by atoms with Crippen molar-refractivity contribution >= 4 is 40.1 Å². The number of anilines is 1. The first-order valence-corrected chi connectivity index (χ1v) is 7.98. The summed E-state index contributed by atoms with van der Waals surface area (Å²) in [5.74, 6) is -0.824. The number of fused-ring (bicyclic) bond motifs is 2. The van der Waals surface area contributed by atoms with Gasteiger partial charge in [0.2, 0.25) is 0 Å². The molecule has 0 fully saturated rings. The molecule has 0 atom stereocenters. The summed E-state index contributed by atoms with van der Waals surface area (Å²) >= 11 is 0. The van der Waals surface area contributed by atoms with Gasteiger partial charge in [-0.25, -0.2) is 4.79 Å². The molecule has 2 heterocycles. The number of hydrogen-bond acceptors (Lipinski definition) is 4. The van der Waals surface area contributed by atoms with Gasteiger partial charge in [0.05, 0.1) is 0 Å². The van der Waals surface area contributed by atoms with Crippen LogP contribution >= 0.6 is 0 Å². The van der Waals surface area contributed by atoms with Gasteiger partial charge in [-0.3, -0.25) is 9.78 Å². The normalized spacial score (nSPS) is 13.8. The maximum Gasteiger partial charge on any atom is 1.00 e. The van der Waals surface area contributed by atoms with Crippen LogP contribution in [0.2, 0.25) is 0 Å². The first-order valence-electron chi connectivity index (χ1n) is 7.98. The third kappa shape index (κ3) is 3.73. The molecule has 0 unspecified atom stereocenters. The third-order valence-electron chi connectivity index (χ3n) is 4.13. The van der Waals surface area contributed by atoms with Crippen LogP contribution in [-0.2, 0) is 9.59 Å². The van der Waals surface area contributed by atoms with Crippen LogP contribution in [0.15, 0.2) is 54.7 Å². The Bertz CT molecular complexity index is 1080. The minimum Gasteiger partial charge on any atom is -1.00 e. The number of amides is 1. The van der Waals surface area contributed by atoms with Crippen LogP contribution in [0.25, 0.3) is 22.6 Å². The van der Waals surface area contributed by atoms with Crippen LogP contribution in [0.3, 0.4) is 0 Å². The van der Waals surface area contributed by atoms with Crippen molar-refractivity contribution in [3.8, 4) is 5.75 Å². The predicted molar refractivity (Wildman–Crippen MR) is 98.9 cm³/mol. The molecule has 7 heteroatoms. The van der Waals surface area contributed by atoms with Crippen molar-refractivity contribution in [2.24, 2.45) is 0 Å². The summed E-state index contributed by atoms with van der Waals surface area (Å²) < 4.78 is 5.32. The summed E-state index contributed by atoms with van der Waals surface area (Å²) in [5.41, 5.74) is 3.56. The number of aliphatic carboxylic acids is 1. The first-order chi connectivity index (χ1) is 12.6. The number of hydrogen-bond donors (Lipinski definition) is 2. The Kier molecular flexibility index (Phi) is 5.60. The number of carboxylic acid groups (broad SMARTS) is 1. The number of carbonyl (C=O) groups excluding carboxylic acids is 1. The zero-order valence-electron chi connectivity index (χ0n) is 15.6. The van der Waals surface area contributed by atoms with Crippen LogP contribution in [0.4, 0.5) is 5.69 Å². The van der Waals surface area contributed by atoms with Gasteiger partial charge in [-0.2, -0.15) is 0 Å². The molecule has 4 rings (SSSR count). The van der Waals surface area contributed by atoms with E-state index in [0.717, 1.165) is 22.2 Å². The number of nitrogens with one attached hydrogen (secondary N) is 1. The molecule has 6 nitrogen and oxygen atoms in total. The number of aromatic nitrogens is 1. The second-order valence-electron chi connectivity index (χ2n) is 5.79. The van der Waals surface area contributed by atoms with E-state index in [2.05, 4.69) is 10.3 Å². The first kappa shape index (κ1) is 19.1. The molecule has 3 aromatic rings. The molecular formula is C20H15N2NaO4. The summed E-state index contributed by atoms with van der Waals surface area (Å²) in [7, 11) is 0. The Labute approximate surface area is 178 Å². The minimum absolute atomic E-state index is 0. The van der Waals surface area contributed by atoms with Gasteiger partial charge in [-0.1, -0.05) is 30.3 Å². The standard InChI is InChI=1S/C20H14N2O4.Na.H/c23-18(24)11-26-17-8-7-12(13-5-3-9-21-19(13)17)10-15-14-4-1-2-6-16(14)22-20(15)25;;/h1-10H,11H2,(H,22,25)(H,23,24);;/q;+1;-1. The van der Waals surface area contributed by atoms with E-state index in [0.29, 0.717) is 16.8 Å². The van der Waals surface area contributed by atoms with Crippen LogP contribution in [0.5, 0.6) is 5.75 Å². The monoisotopic (exact) mass is 370 g/mol. The van der Waals surface area contributed by atoms with Crippen LogP contribution in [0, 0.1) is 0 Å². The molecule has 2 aromatic carbocycles. The van der Waals surface area contributed by atoms with Crippen molar-refractivity contribution in [3.63, 3.8) is 0 Å². The maximum atomic E-state index is 12.3. The zero-order valence-corrected chi connectivity index (χ0v) is 16.6. The number of pyridine rings is 1. The zero-order chi connectivity index (χ0) is 18.1. The molecule has 0 saturated heterocycles. The molecule has 0 radical (unpaired) electrons. The average molecular weight is 370 g/mol. The molecule has 1 aliphatic heterocycles. The summed E-state index contributed by atoms with van der Waals surface area (Å²) in [6.45, 7) is -0.443. The van der Waals surface area contributed by atoms with E-state index in [9.17, 15) is 9.59 Å². The minimum atomic E-state index is -1.06. The molecular weight excluding hydrogens is 355 g/mol.